The number of nitrogens with one attached hydrogen (secondary N) is 1. The molecule has 0 radical (unpaired) electrons. The van der Waals surface area contributed by atoms with Crippen molar-refractivity contribution in [2.45, 2.75) is 19.0 Å². The van der Waals surface area contributed by atoms with Gasteiger partial charge in [0.15, 0.2) is 0 Å². The van der Waals surface area contributed by atoms with Crippen LogP contribution in [-0.2, 0) is 6.54 Å². The van der Waals surface area contributed by atoms with Gasteiger partial charge in [0.05, 0.1) is 11.7 Å². The number of rotatable bonds is 4. The molecule has 5 nitrogen and oxygen atoms in total. The average Bonchev–Trinajstić information content (AvgIpc) is 3.04. The number of hydrogen-bond donors (Lipinski definition) is 2. The van der Waals surface area contributed by atoms with E-state index in [1.807, 2.05) is 16.8 Å². The molecular formula is C19H20ClFN4O. The summed E-state index contributed by atoms with van der Waals surface area (Å²) < 4.78 is 15.4. The first kappa shape index (κ1) is 18.5. The Hall–Kier alpha value is -2.28. The van der Waals surface area contributed by atoms with Crippen LogP contribution >= 0.6 is 12.4 Å². The minimum absolute atomic E-state index is 0. The fraction of sp³-hybridized carbons (Fsp3) is 0.263. The van der Waals surface area contributed by atoms with Crippen LogP contribution in [0.2, 0.25) is 0 Å². The maximum absolute atomic E-state index is 13.3. The molecule has 136 valence electrons. The lowest BCUT2D eigenvalue weighted by atomic mass is 9.98. The summed E-state index contributed by atoms with van der Waals surface area (Å²) in [5, 5.41) is 17.6. The van der Waals surface area contributed by atoms with Crippen LogP contribution in [0.3, 0.4) is 0 Å². The second kappa shape index (κ2) is 7.95. The van der Waals surface area contributed by atoms with Crippen LogP contribution in [0.25, 0.3) is 22.4 Å². The normalized spacial score (nSPS) is 16.0. The summed E-state index contributed by atoms with van der Waals surface area (Å²) in [4.78, 5) is 4.10. The summed E-state index contributed by atoms with van der Waals surface area (Å²) in [6, 6.07) is 10.4. The molecule has 4 rings (SSSR count). The highest BCUT2D eigenvalue weighted by Gasteiger charge is 2.27. The molecule has 2 N–H and O–H groups in total. The number of aliphatic hydroxyl groups excluding tert-OH is 1. The van der Waals surface area contributed by atoms with Gasteiger partial charge in [0.2, 0.25) is 0 Å². The molecule has 1 aromatic carbocycles. The standard InChI is InChI=1S/C19H19FN4O.ClH/c20-15-3-1-14(2-4-15)19-18(13-5-8-21-9-6-13)17-12-22-11-16(7-10-25)24(17)23-19;/h1-6,8-9,16,22,25H,7,10-12H2;1H/t16-;/m1./s1. The molecule has 26 heavy (non-hydrogen) atoms. The van der Waals surface area contributed by atoms with E-state index in [2.05, 4.69) is 10.3 Å². The van der Waals surface area contributed by atoms with Gasteiger partial charge in [0, 0.05) is 43.2 Å². The van der Waals surface area contributed by atoms with Crippen LogP contribution in [-0.4, -0.2) is 33.0 Å². The van der Waals surface area contributed by atoms with E-state index in [4.69, 9.17) is 5.10 Å². The molecule has 1 atom stereocenters. The van der Waals surface area contributed by atoms with Crippen molar-refractivity contribution in [1.29, 1.82) is 0 Å². The maximum atomic E-state index is 13.3. The Balaban J connectivity index is 0.00000196. The molecular weight excluding hydrogens is 355 g/mol. The van der Waals surface area contributed by atoms with Crippen molar-refractivity contribution < 1.29 is 9.50 Å². The molecule has 0 amide bonds. The monoisotopic (exact) mass is 374 g/mol. The highest BCUT2D eigenvalue weighted by Crippen LogP contribution is 2.37. The Kier molecular flexibility index (Phi) is 5.66. The maximum Gasteiger partial charge on any atom is 0.123 e. The summed E-state index contributed by atoms with van der Waals surface area (Å²) in [5.74, 6) is -0.266. The van der Waals surface area contributed by atoms with Crippen LogP contribution < -0.4 is 5.32 Å². The topological polar surface area (TPSA) is 63.0 Å². The second-order valence-electron chi connectivity index (χ2n) is 6.15. The minimum atomic E-state index is -0.266. The number of benzene rings is 1. The van der Waals surface area contributed by atoms with Crippen LogP contribution in [0, 0.1) is 5.82 Å². The Bertz CT molecular complexity index is 867. The Morgan fingerprint density at radius 3 is 2.54 bits per heavy atom. The van der Waals surface area contributed by atoms with Gasteiger partial charge in [-0.25, -0.2) is 4.39 Å². The molecule has 1 aliphatic heterocycles. The Morgan fingerprint density at radius 1 is 1.12 bits per heavy atom. The molecule has 7 heteroatoms. The van der Waals surface area contributed by atoms with Crippen molar-refractivity contribution in [1.82, 2.24) is 20.1 Å². The van der Waals surface area contributed by atoms with E-state index in [0.29, 0.717) is 13.0 Å². The Labute approximate surface area is 157 Å². The van der Waals surface area contributed by atoms with Crippen LogP contribution in [0.5, 0.6) is 0 Å². The van der Waals surface area contributed by atoms with Gasteiger partial charge in [0.1, 0.15) is 11.5 Å². The van der Waals surface area contributed by atoms with E-state index in [9.17, 15) is 9.50 Å². The lowest BCUT2D eigenvalue weighted by Crippen LogP contribution is -2.34. The Morgan fingerprint density at radius 2 is 1.85 bits per heavy atom. The first-order valence-electron chi connectivity index (χ1n) is 8.37. The van der Waals surface area contributed by atoms with Crippen molar-refractivity contribution in [2.24, 2.45) is 0 Å². The zero-order valence-electron chi connectivity index (χ0n) is 14.1. The number of nitrogens with zero attached hydrogens (tertiary/aromatic N) is 3. The van der Waals surface area contributed by atoms with E-state index in [1.165, 1.54) is 12.1 Å². The number of aromatic nitrogens is 3. The fourth-order valence-corrected chi connectivity index (χ4v) is 3.39. The number of hydrogen-bond acceptors (Lipinski definition) is 4. The lowest BCUT2D eigenvalue weighted by molar-refractivity contribution is 0.237. The predicted molar refractivity (Wildman–Crippen MR) is 101 cm³/mol. The van der Waals surface area contributed by atoms with Gasteiger partial charge < -0.3 is 10.4 Å². The summed E-state index contributed by atoms with van der Waals surface area (Å²) >= 11 is 0. The molecule has 0 fully saturated rings. The van der Waals surface area contributed by atoms with E-state index in [1.54, 1.807) is 24.5 Å². The molecule has 1 aliphatic rings. The smallest absolute Gasteiger partial charge is 0.123 e. The highest BCUT2D eigenvalue weighted by molar-refractivity contribution is 5.85. The first-order chi connectivity index (χ1) is 12.3. The molecule has 0 saturated heterocycles. The molecule has 0 aliphatic carbocycles. The van der Waals surface area contributed by atoms with Crippen LogP contribution in [0.15, 0.2) is 48.8 Å². The SMILES string of the molecule is Cl.OCC[C@@H]1CNCc2c(-c3ccncc3)c(-c3ccc(F)cc3)nn21. The largest absolute Gasteiger partial charge is 0.396 e. The van der Waals surface area contributed by atoms with Crippen molar-refractivity contribution >= 4 is 12.4 Å². The third-order valence-corrected chi connectivity index (χ3v) is 4.58. The number of fused-ring (bicyclic) bond motifs is 1. The first-order valence-corrected chi connectivity index (χ1v) is 8.37. The third kappa shape index (κ3) is 3.35. The zero-order chi connectivity index (χ0) is 17.2. The predicted octanol–water partition coefficient (Wildman–Crippen LogP) is 3.20. The van der Waals surface area contributed by atoms with Crippen molar-refractivity contribution in [3.05, 3.63) is 60.3 Å². The van der Waals surface area contributed by atoms with E-state index >= 15 is 0 Å². The van der Waals surface area contributed by atoms with Gasteiger partial charge in [-0.1, -0.05) is 0 Å². The molecule has 3 aromatic rings. The highest BCUT2D eigenvalue weighted by atomic mass is 35.5. The summed E-state index contributed by atoms with van der Waals surface area (Å²) in [6.07, 6.45) is 4.16. The molecule has 0 bridgehead atoms. The van der Waals surface area contributed by atoms with Gasteiger partial charge in [-0.3, -0.25) is 9.67 Å². The average molecular weight is 375 g/mol. The van der Waals surface area contributed by atoms with Crippen molar-refractivity contribution in [3.8, 4) is 22.4 Å². The number of aliphatic hydroxyl groups is 1. The van der Waals surface area contributed by atoms with Gasteiger partial charge in [-0.2, -0.15) is 5.10 Å². The number of pyridine rings is 1. The lowest BCUT2D eigenvalue weighted by Gasteiger charge is -2.25. The summed E-state index contributed by atoms with van der Waals surface area (Å²) in [5.41, 5.74) is 4.84. The molecule has 0 spiro atoms. The van der Waals surface area contributed by atoms with Gasteiger partial charge in [-0.05, 0) is 48.4 Å². The second-order valence-corrected chi connectivity index (χ2v) is 6.15. The van der Waals surface area contributed by atoms with Gasteiger partial charge in [0.25, 0.3) is 0 Å². The van der Waals surface area contributed by atoms with Crippen LogP contribution in [0.4, 0.5) is 4.39 Å². The summed E-state index contributed by atoms with van der Waals surface area (Å²) in [6.45, 7) is 1.59. The van der Waals surface area contributed by atoms with Gasteiger partial charge in [-0.15, -0.1) is 12.4 Å². The fourth-order valence-electron chi connectivity index (χ4n) is 3.39. The number of halogens is 2. The minimum Gasteiger partial charge on any atom is -0.396 e. The quantitative estimate of drug-likeness (QED) is 0.736. The van der Waals surface area contributed by atoms with E-state index < -0.39 is 0 Å². The van der Waals surface area contributed by atoms with Crippen LogP contribution in [0.1, 0.15) is 18.2 Å². The van der Waals surface area contributed by atoms with Crippen molar-refractivity contribution in [3.63, 3.8) is 0 Å². The summed E-state index contributed by atoms with van der Waals surface area (Å²) in [7, 11) is 0. The molecule has 0 saturated carbocycles. The van der Waals surface area contributed by atoms with E-state index in [-0.39, 0.29) is 30.9 Å². The molecule has 3 heterocycles. The van der Waals surface area contributed by atoms with E-state index in [0.717, 1.165) is 34.6 Å². The van der Waals surface area contributed by atoms with Crippen molar-refractivity contribution in [2.75, 3.05) is 13.2 Å². The molecule has 0 unspecified atom stereocenters. The third-order valence-electron chi connectivity index (χ3n) is 4.58. The zero-order valence-corrected chi connectivity index (χ0v) is 14.9. The van der Waals surface area contributed by atoms with Gasteiger partial charge >= 0.3 is 0 Å². The molecule has 2 aromatic heterocycles.